The topological polar surface area (TPSA) is 40.5 Å². The van der Waals surface area contributed by atoms with Crippen molar-refractivity contribution < 1.29 is 0 Å². The van der Waals surface area contributed by atoms with Crippen molar-refractivity contribution in [2.45, 2.75) is 47.0 Å². The zero-order valence-electron chi connectivity index (χ0n) is 15.4. The van der Waals surface area contributed by atoms with Crippen molar-refractivity contribution in [2.75, 3.05) is 0 Å². The maximum atomic E-state index is 4.68. The second kappa shape index (κ2) is 5.90. The van der Waals surface area contributed by atoms with Crippen molar-refractivity contribution >= 4 is 22.3 Å². The average molecular weight is 319 g/mol. The van der Waals surface area contributed by atoms with Crippen LogP contribution < -0.4 is 0 Å². The summed E-state index contributed by atoms with van der Waals surface area (Å²) in [4.78, 5) is 3.52. The van der Waals surface area contributed by atoms with E-state index < -0.39 is 0 Å². The minimum absolute atomic E-state index is 0.0231. The summed E-state index contributed by atoms with van der Waals surface area (Å²) in [6, 6.07) is 12.6. The van der Waals surface area contributed by atoms with Crippen molar-refractivity contribution in [3.8, 4) is 0 Å². The first-order valence-corrected chi connectivity index (χ1v) is 8.38. The molecular weight excluding hydrogens is 294 g/mol. The maximum absolute atomic E-state index is 4.68. The molecule has 0 spiro atoms. The highest BCUT2D eigenvalue weighted by Crippen LogP contribution is 2.39. The lowest BCUT2D eigenvalue weighted by Gasteiger charge is -2.17. The minimum Gasteiger partial charge on any atom is -0.356 e. The van der Waals surface area contributed by atoms with Gasteiger partial charge in [-0.25, -0.2) is 0 Å². The fraction of sp³-hybridized carbons (Fsp3) is 0.333. The van der Waals surface area contributed by atoms with Crippen molar-refractivity contribution in [1.82, 2.24) is 4.98 Å². The number of aromatic nitrogens is 1. The van der Waals surface area contributed by atoms with Gasteiger partial charge in [-0.3, -0.25) is 0 Å². The Labute approximate surface area is 143 Å². The minimum atomic E-state index is -0.0231. The molecule has 0 saturated carbocycles. The number of H-pyrrole nitrogens is 1. The number of rotatable bonds is 2. The van der Waals surface area contributed by atoms with E-state index in [1.807, 2.05) is 12.1 Å². The predicted octanol–water partition coefficient (Wildman–Crippen LogP) is 6.81. The Bertz CT molecular complexity index is 901. The highest BCUT2D eigenvalue weighted by atomic mass is 15.1. The van der Waals surface area contributed by atoms with Gasteiger partial charge in [-0.2, -0.15) is 0 Å². The molecule has 0 bridgehead atoms. The molecule has 3 aromatic rings. The third-order valence-corrected chi connectivity index (χ3v) is 4.31. The Kier molecular flexibility index (Phi) is 4.04. The summed E-state index contributed by atoms with van der Waals surface area (Å²) < 4.78 is 0. The summed E-state index contributed by atoms with van der Waals surface area (Å²) in [6.45, 7) is 12.9. The molecule has 24 heavy (non-hydrogen) atoms. The highest BCUT2D eigenvalue weighted by Gasteiger charge is 2.22. The van der Waals surface area contributed by atoms with Crippen LogP contribution in [-0.4, -0.2) is 4.98 Å². The van der Waals surface area contributed by atoms with E-state index in [-0.39, 0.29) is 5.41 Å². The van der Waals surface area contributed by atoms with E-state index in [1.165, 1.54) is 5.56 Å². The molecule has 0 amide bonds. The summed E-state index contributed by atoms with van der Waals surface area (Å²) in [7, 11) is 0. The van der Waals surface area contributed by atoms with Crippen LogP contribution in [0.2, 0.25) is 0 Å². The van der Waals surface area contributed by atoms with Crippen LogP contribution in [0.15, 0.2) is 46.6 Å². The lowest BCUT2D eigenvalue weighted by Crippen LogP contribution is -2.11. The maximum Gasteiger partial charge on any atom is 0.115 e. The Morgan fingerprint density at radius 2 is 1.42 bits per heavy atom. The first-order valence-electron chi connectivity index (χ1n) is 8.38. The second-order valence-electron chi connectivity index (χ2n) is 7.59. The van der Waals surface area contributed by atoms with Gasteiger partial charge in [-0.15, -0.1) is 10.2 Å². The number of nitrogens with one attached hydrogen (secondary N) is 1. The van der Waals surface area contributed by atoms with Gasteiger partial charge in [0.2, 0.25) is 0 Å². The fourth-order valence-corrected chi connectivity index (χ4v) is 3.20. The third kappa shape index (κ3) is 2.99. The molecule has 3 nitrogen and oxygen atoms in total. The number of benzene rings is 2. The van der Waals surface area contributed by atoms with E-state index in [0.717, 1.165) is 39.1 Å². The number of hydrogen-bond acceptors (Lipinski definition) is 2. The molecule has 0 radical (unpaired) electrons. The second-order valence-corrected chi connectivity index (χ2v) is 7.59. The van der Waals surface area contributed by atoms with Crippen LogP contribution >= 0.6 is 0 Å². The third-order valence-electron chi connectivity index (χ3n) is 4.31. The normalized spacial score (nSPS) is 12.4. The van der Waals surface area contributed by atoms with Crippen molar-refractivity contribution in [3.05, 3.63) is 58.8 Å². The monoisotopic (exact) mass is 319 g/mol. The van der Waals surface area contributed by atoms with Crippen molar-refractivity contribution in [1.29, 1.82) is 0 Å². The Hall–Kier alpha value is -2.42. The standard InChI is InChI=1S/C21H25N3/c1-13-11-14(2)18(15(3)12-13)23-24-19-16-9-7-8-10-17(16)22-20(19)21(4,5)6/h7-12,22H,1-6H3. The van der Waals surface area contributed by atoms with Gasteiger partial charge < -0.3 is 4.98 Å². The summed E-state index contributed by atoms with van der Waals surface area (Å²) in [6.07, 6.45) is 0. The van der Waals surface area contributed by atoms with E-state index in [9.17, 15) is 0 Å². The number of aromatic amines is 1. The van der Waals surface area contributed by atoms with Gasteiger partial charge in [0.1, 0.15) is 5.69 Å². The van der Waals surface area contributed by atoms with Crippen LogP contribution in [-0.2, 0) is 5.41 Å². The molecule has 1 N–H and O–H groups in total. The number of para-hydroxylation sites is 1. The summed E-state index contributed by atoms with van der Waals surface area (Å²) >= 11 is 0. The molecule has 0 unspecified atom stereocenters. The summed E-state index contributed by atoms with van der Waals surface area (Å²) in [5, 5.41) is 10.4. The van der Waals surface area contributed by atoms with E-state index in [2.05, 4.69) is 81.0 Å². The van der Waals surface area contributed by atoms with Gasteiger partial charge >= 0.3 is 0 Å². The van der Waals surface area contributed by atoms with Gasteiger partial charge in [0.15, 0.2) is 0 Å². The van der Waals surface area contributed by atoms with Crippen molar-refractivity contribution in [3.63, 3.8) is 0 Å². The van der Waals surface area contributed by atoms with E-state index >= 15 is 0 Å². The van der Waals surface area contributed by atoms with Crippen LogP contribution in [0.1, 0.15) is 43.2 Å². The lowest BCUT2D eigenvalue weighted by molar-refractivity contribution is 0.575. The molecule has 0 aliphatic carbocycles. The number of fused-ring (bicyclic) bond motifs is 1. The van der Waals surface area contributed by atoms with E-state index in [1.54, 1.807) is 0 Å². The molecule has 124 valence electrons. The van der Waals surface area contributed by atoms with Crippen LogP contribution in [0.25, 0.3) is 10.9 Å². The fourth-order valence-electron chi connectivity index (χ4n) is 3.20. The van der Waals surface area contributed by atoms with Gasteiger partial charge in [-0.05, 0) is 38.0 Å². The smallest absolute Gasteiger partial charge is 0.115 e. The predicted molar refractivity (Wildman–Crippen MR) is 102 cm³/mol. The summed E-state index contributed by atoms with van der Waals surface area (Å²) in [5.41, 5.74) is 7.69. The number of azo groups is 1. The summed E-state index contributed by atoms with van der Waals surface area (Å²) in [5.74, 6) is 0. The Morgan fingerprint density at radius 1 is 0.833 bits per heavy atom. The van der Waals surface area contributed by atoms with Crippen LogP contribution in [0, 0.1) is 20.8 Å². The number of nitrogens with zero attached hydrogens (tertiary/aromatic N) is 2. The SMILES string of the molecule is Cc1cc(C)c(N=Nc2c(C(C)(C)C)[nH]c3ccccc23)c(C)c1. The molecular formula is C21H25N3. The highest BCUT2D eigenvalue weighted by molar-refractivity contribution is 5.93. The van der Waals surface area contributed by atoms with Crippen molar-refractivity contribution in [2.24, 2.45) is 10.2 Å². The lowest BCUT2D eigenvalue weighted by atomic mass is 9.91. The zero-order chi connectivity index (χ0) is 17.5. The molecule has 0 atom stereocenters. The molecule has 0 aliphatic rings. The van der Waals surface area contributed by atoms with Gasteiger partial charge in [0, 0.05) is 22.0 Å². The number of hydrogen-bond donors (Lipinski definition) is 1. The average Bonchev–Trinajstić information content (AvgIpc) is 2.85. The van der Waals surface area contributed by atoms with Crippen LogP contribution in [0.3, 0.4) is 0 Å². The van der Waals surface area contributed by atoms with Gasteiger partial charge in [0.05, 0.1) is 5.69 Å². The molecule has 0 aliphatic heterocycles. The number of aryl methyl sites for hydroxylation is 3. The molecule has 2 aromatic carbocycles. The van der Waals surface area contributed by atoms with Crippen LogP contribution in [0.4, 0.5) is 11.4 Å². The van der Waals surface area contributed by atoms with Crippen LogP contribution in [0.5, 0.6) is 0 Å². The van der Waals surface area contributed by atoms with E-state index in [4.69, 9.17) is 0 Å². The molecule has 1 heterocycles. The molecule has 3 rings (SSSR count). The van der Waals surface area contributed by atoms with E-state index in [0.29, 0.717) is 0 Å². The zero-order valence-corrected chi connectivity index (χ0v) is 15.4. The quantitative estimate of drug-likeness (QED) is 0.504. The first kappa shape index (κ1) is 16.4. The first-order chi connectivity index (χ1) is 11.3. The molecule has 0 fully saturated rings. The van der Waals surface area contributed by atoms with Gasteiger partial charge in [0.25, 0.3) is 0 Å². The molecule has 1 aromatic heterocycles. The molecule has 0 saturated heterocycles. The largest absolute Gasteiger partial charge is 0.356 e. The Balaban J connectivity index is 2.17. The Morgan fingerprint density at radius 3 is 2.04 bits per heavy atom. The van der Waals surface area contributed by atoms with Gasteiger partial charge in [-0.1, -0.05) is 56.7 Å². The molecule has 3 heteroatoms.